The summed E-state index contributed by atoms with van der Waals surface area (Å²) in [6.07, 6.45) is -3.24. The van der Waals surface area contributed by atoms with Crippen molar-refractivity contribution in [3.63, 3.8) is 0 Å². The van der Waals surface area contributed by atoms with Gasteiger partial charge in [0.15, 0.2) is 11.6 Å². The van der Waals surface area contributed by atoms with Gasteiger partial charge < -0.3 is 0 Å². The molecular weight excluding hydrogens is 448 g/mol. The lowest BCUT2D eigenvalue weighted by Gasteiger charge is -2.18. The van der Waals surface area contributed by atoms with Crippen molar-refractivity contribution >= 4 is 17.3 Å². The SMILES string of the molecule is Fc1ccccc1C1=NCc2nnc(-c3cccnn3)n2-c2ccc(C(F)(F)F)c(Cl)c21. The Labute approximate surface area is 183 Å². The number of hydrogen-bond donors (Lipinski definition) is 0. The molecule has 2 aromatic carbocycles. The second kappa shape index (κ2) is 7.49. The van der Waals surface area contributed by atoms with Gasteiger partial charge in [-0.25, -0.2) is 4.39 Å². The molecule has 11 heteroatoms. The lowest BCUT2D eigenvalue weighted by atomic mass is 9.97. The number of fused-ring (bicyclic) bond motifs is 3. The first-order chi connectivity index (χ1) is 15.4. The second-order valence-electron chi connectivity index (χ2n) is 6.85. The number of benzene rings is 2. The summed E-state index contributed by atoms with van der Waals surface area (Å²) < 4.78 is 57.2. The molecule has 0 unspecified atom stereocenters. The first kappa shape index (κ1) is 20.3. The third-order valence-electron chi connectivity index (χ3n) is 4.94. The van der Waals surface area contributed by atoms with Gasteiger partial charge >= 0.3 is 6.18 Å². The Kier molecular flexibility index (Phi) is 4.74. The number of nitrogens with zero attached hydrogens (tertiary/aromatic N) is 6. The Balaban J connectivity index is 1.84. The monoisotopic (exact) mass is 458 g/mol. The number of hydrogen-bond acceptors (Lipinski definition) is 5. The van der Waals surface area contributed by atoms with Crippen LogP contribution in [0, 0.1) is 5.82 Å². The van der Waals surface area contributed by atoms with Crippen LogP contribution >= 0.6 is 11.6 Å². The van der Waals surface area contributed by atoms with E-state index in [4.69, 9.17) is 11.6 Å². The van der Waals surface area contributed by atoms with Gasteiger partial charge in [-0.05, 0) is 36.4 Å². The van der Waals surface area contributed by atoms with Crippen molar-refractivity contribution in [3.8, 4) is 17.2 Å². The van der Waals surface area contributed by atoms with Crippen LogP contribution in [0.2, 0.25) is 5.02 Å². The summed E-state index contributed by atoms with van der Waals surface area (Å²) in [7, 11) is 0. The number of halogens is 5. The Morgan fingerprint density at radius 1 is 0.938 bits per heavy atom. The quantitative estimate of drug-likeness (QED) is 0.401. The predicted octanol–water partition coefficient (Wildman–Crippen LogP) is 4.89. The van der Waals surface area contributed by atoms with Crippen LogP contribution in [0.25, 0.3) is 17.2 Å². The average Bonchev–Trinajstić information content (AvgIpc) is 3.12. The highest BCUT2D eigenvalue weighted by Gasteiger charge is 2.37. The molecule has 0 N–H and O–H groups in total. The van der Waals surface area contributed by atoms with Gasteiger partial charge in [-0.2, -0.15) is 18.3 Å². The molecule has 0 amide bonds. The largest absolute Gasteiger partial charge is 0.417 e. The third-order valence-corrected chi connectivity index (χ3v) is 5.33. The van der Waals surface area contributed by atoms with Crippen molar-refractivity contribution in [2.45, 2.75) is 12.7 Å². The van der Waals surface area contributed by atoms with E-state index in [-0.39, 0.29) is 34.9 Å². The van der Waals surface area contributed by atoms with E-state index in [0.717, 1.165) is 6.07 Å². The van der Waals surface area contributed by atoms with Crippen molar-refractivity contribution < 1.29 is 17.6 Å². The Bertz CT molecular complexity index is 1360. The van der Waals surface area contributed by atoms with Crippen LogP contribution in [0.1, 0.15) is 22.5 Å². The van der Waals surface area contributed by atoms with Crippen LogP contribution in [-0.2, 0) is 12.7 Å². The summed E-state index contributed by atoms with van der Waals surface area (Å²) in [4.78, 5) is 4.39. The maximum absolute atomic E-state index is 14.7. The maximum Gasteiger partial charge on any atom is 0.417 e. The maximum atomic E-state index is 14.7. The van der Waals surface area contributed by atoms with E-state index in [1.807, 2.05) is 0 Å². The molecule has 3 heterocycles. The second-order valence-corrected chi connectivity index (χ2v) is 7.23. The molecule has 6 nitrogen and oxygen atoms in total. The van der Waals surface area contributed by atoms with Gasteiger partial charge in [0.1, 0.15) is 18.1 Å². The molecule has 5 rings (SSSR count). The number of alkyl halides is 3. The molecule has 0 bridgehead atoms. The Morgan fingerprint density at radius 2 is 1.75 bits per heavy atom. The highest BCUT2D eigenvalue weighted by molar-refractivity contribution is 6.37. The summed E-state index contributed by atoms with van der Waals surface area (Å²) in [6.45, 7) is -0.0662. The molecule has 160 valence electrons. The van der Waals surface area contributed by atoms with Gasteiger partial charge in [0.05, 0.1) is 22.0 Å². The standard InChI is InChI=1S/C21H11ClF4N6/c22-18-12(21(24,25)26)7-8-15-17(18)19(11-4-1-2-5-13(11)23)27-10-16-30-31-20(32(15)16)14-6-3-9-28-29-14/h1-9H,10H2. The highest BCUT2D eigenvalue weighted by atomic mass is 35.5. The minimum atomic E-state index is -4.72. The summed E-state index contributed by atoms with van der Waals surface area (Å²) in [5, 5.41) is 15.5. The number of aliphatic imine (C=N–C) groups is 1. The number of aromatic nitrogens is 5. The van der Waals surface area contributed by atoms with E-state index in [9.17, 15) is 17.6 Å². The molecule has 0 spiro atoms. The normalized spacial score (nSPS) is 13.2. The molecular formula is C21H11ClF4N6. The fraction of sp³-hybridized carbons (Fsp3) is 0.0952. The zero-order valence-corrected chi connectivity index (χ0v) is 16.7. The van der Waals surface area contributed by atoms with E-state index in [2.05, 4.69) is 25.4 Å². The smallest absolute Gasteiger partial charge is 0.276 e. The molecule has 0 radical (unpaired) electrons. The van der Waals surface area contributed by atoms with Gasteiger partial charge in [0.25, 0.3) is 0 Å². The van der Waals surface area contributed by atoms with Gasteiger partial charge in [0.2, 0.25) is 0 Å². The molecule has 0 aliphatic carbocycles. The van der Waals surface area contributed by atoms with Gasteiger partial charge in [-0.3, -0.25) is 9.56 Å². The van der Waals surface area contributed by atoms with Crippen LogP contribution < -0.4 is 0 Å². The first-order valence-electron chi connectivity index (χ1n) is 9.28. The molecule has 0 atom stereocenters. The van der Waals surface area contributed by atoms with Crippen molar-refractivity contribution in [2.75, 3.05) is 0 Å². The minimum Gasteiger partial charge on any atom is -0.276 e. The van der Waals surface area contributed by atoms with Gasteiger partial charge in [0, 0.05) is 17.3 Å². The molecule has 4 aromatic rings. The zero-order valence-electron chi connectivity index (χ0n) is 16.0. The van der Waals surface area contributed by atoms with Gasteiger partial charge in [-0.1, -0.05) is 23.7 Å². The predicted molar refractivity (Wildman–Crippen MR) is 108 cm³/mol. The van der Waals surface area contributed by atoms with Crippen LogP contribution in [0.15, 0.2) is 59.7 Å². The van der Waals surface area contributed by atoms with E-state index < -0.39 is 22.6 Å². The highest BCUT2D eigenvalue weighted by Crippen LogP contribution is 2.41. The van der Waals surface area contributed by atoms with E-state index >= 15 is 0 Å². The summed E-state index contributed by atoms with van der Waals surface area (Å²) >= 11 is 6.31. The fourth-order valence-electron chi connectivity index (χ4n) is 3.56. The average molecular weight is 459 g/mol. The van der Waals surface area contributed by atoms with Crippen molar-refractivity contribution in [2.24, 2.45) is 4.99 Å². The summed E-state index contributed by atoms with van der Waals surface area (Å²) in [6, 6.07) is 11.1. The van der Waals surface area contributed by atoms with Crippen LogP contribution in [0.3, 0.4) is 0 Å². The first-order valence-corrected chi connectivity index (χ1v) is 9.66. The van der Waals surface area contributed by atoms with E-state index in [1.165, 1.54) is 35.0 Å². The molecule has 0 fully saturated rings. The van der Waals surface area contributed by atoms with Crippen molar-refractivity contribution in [3.05, 3.63) is 88.1 Å². The van der Waals surface area contributed by atoms with Crippen molar-refractivity contribution in [1.29, 1.82) is 0 Å². The summed E-state index contributed by atoms with van der Waals surface area (Å²) in [5.41, 5.74) is -0.542. The molecule has 2 aromatic heterocycles. The van der Waals surface area contributed by atoms with Crippen molar-refractivity contribution in [1.82, 2.24) is 25.0 Å². The van der Waals surface area contributed by atoms with E-state index in [1.54, 1.807) is 18.2 Å². The van der Waals surface area contributed by atoms with Crippen LogP contribution in [0.4, 0.5) is 17.6 Å². The Hall–Kier alpha value is -3.66. The lowest BCUT2D eigenvalue weighted by molar-refractivity contribution is -0.137. The zero-order chi connectivity index (χ0) is 22.5. The molecule has 1 aliphatic heterocycles. The topological polar surface area (TPSA) is 68.8 Å². The summed E-state index contributed by atoms with van der Waals surface area (Å²) in [5.74, 6) is -0.0679. The molecule has 0 saturated carbocycles. The molecule has 1 aliphatic rings. The lowest BCUT2D eigenvalue weighted by Crippen LogP contribution is -2.15. The Morgan fingerprint density at radius 3 is 2.47 bits per heavy atom. The minimum absolute atomic E-state index is 0.00945. The molecule has 32 heavy (non-hydrogen) atoms. The van der Waals surface area contributed by atoms with Crippen LogP contribution in [0.5, 0.6) is 0 Å². The fourth-order valence-corrected chi connectivity index (χ4v) is 3.91. The number of rotatable bonds is 2. The third kappa shape index (κ3) is 3.23. The van der Waals surface area contributed by atoms with E-state index in [0.29, 0.717) is 11.5 Å². The van der Waals surface area contributed by atoms with Gasteiger partial charge in [-0.15, -0.1) is 15.3 Å². The van der Waals surface area contributed by atoms with Crippen LogP contribution in [-0.4, -0.2) is 30.7 Å². The molecule has 0 saturated heterocycles.